The molecule has 1 fully saturated rings. The minimum absolute atomic E-state index is 0.242. The maximum atomic E-state index is 6.19. The van der Waals surface area contributed by atoms with Crippen molar-refractivity contribution < 1.29 is 27.8 Å². The first-order valence-electron chi connectivity index (χ1n) is 11.0. The number of fused-ring (bicyclic) bond motifs is 2. The Balaban J connectivity index is 1.29. The van der Waals surface area contributed by atoms with E-state index in [1.54, 1.807) is 24.9 Å². The van der Waals surface area contributed by atoms with Crippen LogP contribution in [0.3, 0.4) is 0 Å². The van der Waals surface area contributed by atoms with Crippen LogP contribution in [0.15, 0.2) is 33.2 Å². The first kappa shape index (κ1) is 21.7. The van der Waals surface area contributed by atoms with Crippen molar-refractivity contribution in [2.45, 2.75) is 13.5 Å². The van der Waals surface area contributed by atoms with Crippen molar-refractivity contribution in [1.29, 1.82) is 0 Å². The SMILES string of the molecule is COc1cc(OCc2nc(N3CCOCC3)oc2C)c2cc(-c3cn4nc(OC)sc4n3)oc2c1. The Hall–Kier alpha value is -3.77. The minimum atomic E-state index is 0.242. The molecule has 182 valence electrons. The molecular formula is C23H23N5O6S. The van der Waals surface area contributed by atoms with E-state index in [-0.39, 0.29) is 6.61 Å². The Bertz CT molecular complexity index is 1460. The molecule has 12 heteroatoms. The van der Waals surface area contributed by atoms with Crippen LogP contribution in [0.4, 0.5) is 6.01 Å². The standard InChI is InChI=1S/C23H23N5O6S/c1-13-17(24-21(33-13)27-4-6-31-7-5-27)12-32-18-8-14(29-2)9-19-15(18)10-20(34-19)16-11-28-22(25-16)35-23(26-28)30-3/h8-11H,4-7,12H2,1-3H3. The number of hydrogen-bond donors (Lipinski definition) is 0. The molecule has 0 unspecified atom stereocenters. The van der Waals surface area contributed by atoms with E-state index < -0.39 is 0 Å². The minimum Gasteiger partial charge on any atom is -0.496 e. The number of methoxy groups -OCH3 is 2. The van der Waals surface area contributed by atoms with Crippen molar-refractivity contribution in [3.8, 4) is 28.1 Å². The molecule has 0 radical (unpaired) electrons. The van der Waals surface area contributed by atoms with Crippen LogP contribution in [0, 0.1) is 6.92 Å². The summed E-state index contributed by atoms with van der Waals surface area (Å²) in [6, 6.07) is 6.15. The zero-order chi connectivity index (χ0) is 23.9. The third-order valence-corrected chi connectivity index (χ3v) is 6.67. The molecule has 1 saturated heterocycles. The number of benzene rings is 1. The average molecular weight is 498 g/mol. The first-order chi connectivity index (χ1) is 17.1. The Labute approximate surface area is 203 Å². The smallest absolute Gasteiger partial charge is 0.297 e. The van der Waals surface area contributed by atoms with E-state index in [0.717, 1.165) is 29.9 Å². The van der Waals surface area contributed by atoms with Crippen LogP contribution < -0.4 is 19.1 Å². The highest BCUT2D eigenvalue weighted by atomic mass is 32.1. The number of nitrogens with zero attached hydrogens (tertiary/aromatic N) is 5. The topological polar surface area (TPSA) is 110 Å². The van der Waals surface area contributed by atoms with Crippen molar-refractivity contribution in [1.82, 2.24) is 19.6 Å². The molecule has 1 aliphatic rings. The number of hydrogen-bond acceptors (Lipinski definition) is 11. The van der Waals surface area contributed by atoms with Gasteiger partial charge in [-0.25, -0.2) is 9.50 Å². The van der Waals surface area contributed by atoms with Gasteiger partial charge in [-0.3, -0.25) is 0 Å². The number of anilines is 1. The summed E-state index contributed by atoms with van der Waals surface area (Å²) in [6.07, 6.45) is 1.80. The number of imidazole rings is 1. The number of oxazole rings is 1. The third-order valence-electron chi connectivity index (χ3n) is 5.79. The molecule has 0 N–H and O–H groups in total. The van der Waals surface area contributed by atoms with Gasteiger partial charge in [0.2, 0.25) is 4.96 Å². The van der Waals surface area contributed by atoms with Gasteiger partial charge in [0.25, 0.3) is 11.2 Å². The molecule has 1 aliphatic heterocycles. The van der Waals surface area contributed by atoms with Gasteiger partial charge in [-0.1, -0.05) is 0 Å². The summed E-state index contributed by atoms with van der Waals surface area (Å²) in [4.78, 5) is 12.0. The highest BCUT2D eigenvalue weighted by Gasteiger charge is 2.21. The van der Waals surface area contributed by atoms with Gasteiger partial charge in [0.05, 0.1) is 39.0 Å². The second-order valence-electron chi connectivity index (χ2n) is 7.96. The monoisotopic (exact) mass is 497 g/mol. The largest absolute Gasteiger partial charge is 0.496 e. The van der Waals surface area contributed by atoms with Crippen molar-refractivity contribution in [3.05, 3.63) is 35.9 Å². The molecule has 5 aromatic rings. The molecule has 0 atom stereocenters. The lowest BCUT2D eigenvalue weighted by molar-refractivity contribution is 0.120. The van der Waals surface area contributed by atoms with Crippen molar-refractivity contribution in [2.24, 2.45) is 0 Å². The number of furan rings is 1. The van der Waals surface area contributed by atoms with Crippen molar-refractivity contribution >= 4 is 33.3 Å². The lowest BCUT2D eigenvalue weighted by Crippen LogP contribution is -2.36. The Kier molecular flexibility index (Phi) is 5.46. The van der Waals surface area contributed by atoms with E-state index in [9.17, 15) is 0 Å². The number of aromatic nitrogens is 4. The molecule has 11 nitrogen and oxygen atoms in total. The van der Waals surface area contributed by atoms with Gasteiger partial charge in [-0.05, 0) is 24.3 Å². The Morgan fingerprint density at radius 3 is 2.69 bits per heavy atom. The zero-order valence-electron chi connectivity index (χ0n) is 19.4. The Morgan fingerprint density at radius 1 is 1.06 bits per heavy atom. The fourth-order valence-corrected chi connectivity index (χ4v) is 4.61. The predicted molar refractivity (Wildman–Crippen MR) is 128 cm³/mol. The number of morpholine rings is 1. The molecule has 4 aromatic heterocycles. The van der Waals surface area contributed by atoms with Crippen LogP contribution in [-0.4, -0.2) is 60.1 Å². The molecule has 5 heterocycles. The Morgan fingerprint density at radius 2 is 1.91 bits per heavy atom. The van der Waals surface area contributed by atoms with Crippen LogP contribution in [0.2, 0.25) is 0 Å². The molecule has 0 amide bonds. The molecule has 0 saturated carbocycles. The van der Waals surface area contributed by atoms with Gasteiger partial charge in [0.15, 0.2) is 5.76 Å². The molecule has 35 heavy (non-hydrogen) atoms. The van der Waals surface area contributed by atoms with Crippen molar-refractivity contribution in [2.75, 3.05) is 45.4 Å². The maximum Gasteiger partial charge on any atom is 0.297 e. The quantitative estimate of drug-likeness (QED) is 0.328. The number of ether oxygens (including phenoxy) is 4. The van der Waals surface area contributed by atoms with E-state index in [0.29, 0.717) is 57.9 Å². The van der Waals surface area contributed by atoms with Gasteiger partial charge < -0.3 is 32.7 Å². The van der Waals surface area contributed by atoms with E-state index in [1.807, 2.05) is 25.1 Å². The fraction of sp³-hybridized carbons (Fsp3) is 0.348. The van der Waals surface area contributed by atoms with E-state index in [4.69, 9.17) is 27.8 Å². The molecular weight excluding hydrogens is 474 g/mol. The number of aryl methyl sites for hydroxylation is 1. The normalized spacial score (nSPS) is 14.2. The summed E-state index contributed by atoms with van der Waals surface area (Å²) in [5.74, 6) is 2.56. The zero-order valence-corrected chi connectivity index (χ0v) is 20.3. The van der Waals surface area contributed by atoms with E-state index in [2.05, 4.69) is 20.0 Å². The second kappa shape index (κ2) is 8.78. The van der Waals surface area contributed by atoms with Crippen molar-refractivity contribution in [3.63, 3.8) is 0 Å². The maximum absolute atomic E-state index is 6.19. The fourth-order valence-electron chi connectivity index (χ4n) is 3.91. The van der Waals surface area contributed by atoms with Gasteiger partial charge in [0.1, 0.15) is 40.8 Å². The summed E-state index contributed by atoms with van der Waals surface area (Å²) in [5.41, 5.74) is 2.03. The van der Waals surface area contributed by atoms with Crippen LogP contribution in [0.25, 0.3) is 27.4 Å². The molecule has 0 spiro atoms. The van der Waals surface area contributed by atoms with Crippen LogP contribution in [0.1, 0.15) is 11.5 Å². The van der Waals surface area contributed by atoms with E-state index >= 15 is 0 Å². The third kappa shape index (κ3) is 4.04. The molecule has 0 aliphatic carbocycles. The molecule has 6 rings (SSSR count). The van der Waals surface area contributed by atoms with Gasteiger partial charge in [0, 0.05) is 25.2 Å². The predicted octanol–water partition coefficient (Wildman–Crippen LogP) is 3.93. The summed E-state index contributed by atoms with van der Waals surface area (Å²) >= 11 is 1.35. The van der Waals surface area contributed by atoms with Crippen LogP contribution >= 0.6 is 11.3 Å². The number of rotatable bonds is 7. The van der Waals surface area contributed by atoms with Crippen LogP contribution in [-0.2, 0) is 11.3 Å². The van der Waals surface area contributed by atoms with Gasteiger partial charge >= 0.3 is 0 Å². The highest BCUT2D eigenvalue weighted by Crippen LogP contribution is 2.37. The second-order valence-corrected chi connectivity index (χ2v) is 8.88. The summed E-state index contributed by atoms with van der Waals surface area (Å²) in [6.45, 7) is 4.96. The van der Waals surface area contributed by atoms with Gasteiger partial charge in [-0.15, -0.1) is 5.10 Å². The summed E-state index contributed by atoms with van der Waals surface area (Å²) < 4.78 is 35.9. The molecule has 0 bridgehead atoms. The summed E-state index contributed by atoms with van der Waals surface area (Å²) in [5, 5.41) is 5.67. The average Bonchev–Trinajstić information content (AvgIpc) is 3.64. The lowest BCUT2D eigenvalue weighted by Gasteiger charge is -2.24. The first-order valence-corrected chi connectivity index (χ1v) is 11.9. The van der Waals surface area contributed by atoms with Gasteiger partial charge in [-0.2, -0.15) is 4.98 Å². The molecule has 1 aromatic carbocycles. The highest BCUT2D eigenvalue weighted by molar-refractivity contribution is 7.18. The van der Waals surface area contributed by atoms with E-state index in [1.165, 1.54) is 11.3 Å². The lowest BCUT2D eigenvalue weighted by atomic mass is 10.2. The summed E-state index contributed by atoms with van der Waals surface area (Å²) in [7, 11) is 3.19. The van der Waals surface area contributed by atoms with Crippen LogP contribution in [0.5, 0.6) is 16.7 Å².